The minimum atomic E-state index is -0.545. The molecule has 124 valence electrons. The summed E-state index contributed by atoms with van der Waals surface area (Å²) in [6.45, 7) is 2.07. The fourth-order valence-corrected chi connectivity index (χ4v) is 2.79. The number of rotatable bonds is 5. The van der Waals surface area contributed by atoms with Crippen molar-refractivity contribution in [3.8, 4) is 5.75 Å². The van der Waals surface area contributed by atoms with E-state index >= 15 is 0 Å². The van der Waals surface area contributed by atoms with E-state index in [1.54, 1.807) is 7.11 Å². The van der Waals surface area contributed by atoms with Crippen LogP contribution in [-0.4, -0.2) is 25.0 Å². The second-order valence-electron chi connectivity index (χ2n) is 5.72. The maximum absolute atomic E-state index is 12.6. The van der Waals surface area contributed by atoms with E-state index in [9.17, 15) is 9.59 Å². The Morgan fingerprint density at radius 2 is 1.75 bits per heavy atom. The van der Waals surface area contributed by atoms with Gasteiger partial charge in [-0.25, -0.2) is 4.90 Å². The van der Waals surface area contributed by atoms with Gasteiger partial charge in [0.2, 0.25) is 5.91 Å². The average Bonchev–Trinajstić information content (AvgIpc) is 2.89. The normalized spacial score (nSPS) is 17.2. The lowest BCUT2D eigenvalue weighted by molar-refractivity contribution is -0.121. The Kier molecular flexibility index (Phi) is 4.51. The summed E-state index contributed by atoms with van der Waals surface area (Å²) in [5, 5.41) is 3.13. The van der Waals surface area contributed by atoms with Gasteiger partial charge in [-0.15, -0.1) is 0 Å². The van der Waals surface area contributed by atoms with Gasteiger partial charge in [0.15, 0.2) is 0 Å². The van der Waals surface area contributed by atoms with Crippen molar-refractivity contribution in [3.63, 3.8) is 0 Å². The maximum Gasteiger partial charge on any atom is 0.256 e. The van der Waals surface area contributed by atoms with E-state index in [2.05, 4.69) is 12.2 Å². The number of hydrogen-bond donors (Lipinski definition) is 1. The highest BCUT2D eigenvalue weighted by molar-refractivity contribution is 6.23. The molecule has 0 aromatic heterocycles. The second-order valence-corrected chi connectivity index (χ2v) is 5.72. The van der Waals surface area contributed by atoms with Crippen molar-refractivity contribution in [1.29, 1.82) is 0 Å². The van der Waals surface area contributed by atoms with E-state index in [0.717, 1.165) is 17.9 Å². The predicted octanol–water partition coefficient (Wildman–Crippen LogP) is 3.00. The van der Waals surface area contributed by atoms with Gasteiger partial charge in [-0.05, 0) is 48.4 Å². The summed E-state index contributed by atoms with van der Waals surface area (Å²) in [4.78, 5) is 26.2. The zero-order valence-electron chi connectivity index (χ0n) is 13.8. The first-order chi connectivity index (χ1) is 11.6. The van der Waals surface area contributed by atoms with E-state index in [0.29, 0.717) is 5.69 Å². The molecule has 2 aromatic rings. The van der Waals surface area contributed by atoms with Crippen molar-refractivity contribution in [2.24, 2.45) is 0 Å². The summed E-state index contributed by atoms with van der Waals surface area (Å²) in [5.74, 6) is 0.336. The van der Waals surface area contributed by atoms with E-state index in [-0.39, 0.29) is 18.2 Å². The Hall–Kier alpha value is -2.82. The van der Waals surface area contributed by atoms with Crippen molar-refractivity contribution in [2.45, 2.75) is 25.8 Å². The number of benzene rings is 2. The highest BCUT2D eigenvalue weighted by atomic mass is 16.5. The molecule has 0 aliphatic carbocycles. The number of nitrogens with zero attached hydrogens (tertiary/aromatic N) is 1. The fourth-order valence-electron chi connectivity index (χ4n) is 2.79. The average molecular weight is 324 g/mol. The predicted molar refractivity (Wildman–Crippen MR) is 93.3 cm³/mol. The van der Waals surface area contributed by atoms with E-state index < -0.39 is 6.04 Å². The van der Waals surface area contributed by atoms with Crippen LogP contribution in [0.1, 0.15) is 18.9 Å². The summed E-state index contributed by atoms with van der Waals surface area (Å²) in [6, 6.07) is 14.3. The number of carbonyl (C=O) groups is 2. The van der Waals surface area contributed by atoms with Gasteiger partial charge in [0.25, 0.3) is 5.91 Å². The standard InChI is InChI=1S/C19H20N2O3/c1-3-13-4-8-15(9-5-13)21-18(22)12-17(19(21)23)20-14-6-10-16(24-2)11-7-14/h4-11,17,20H,3,12H2,1-2H3. The van der Waals surface area contributed by atoms with Crippen molar-refractivity contribution in [2.75, 3.05) is 17.3 Å². The number of imide groups is 1. The molecule has 24 heavy (non-hydrogen) atoms. The number of nitrogens with one attached hydrogen (secondary N) is 1. The van der Waals surface area contributed by atoms with Crippen LogP contribution in [0.2, 0.25) is 0 Å². The monoisotopic (exact) mass is 324 g/mol. The molecule has 2 amide bonds. The minimum absolute atomic E-state index is 0.153. The molecule has 5 heteroatoms. The van der Waals surface area contributed by atoms with Crippen LogP contribution in [0.4, 0.5) is 11.4 Å². The highest BCUT2D eigenvalue weighted by Gasteiger charge is 2.39. The molecule has 0 saturated carbocycles. The molecule has 3 rings (SSSR count). The Balaban J connectivity index is 1.75. The van der Waals surface area contributed by atoms with Crippen molar-refractivity contribution in [1.82, 2.24) is 0 Å². The fraction of sp³-hybridized carbons (Fsp3) is 0.263. The molecule has 1 atom stereocenters. The summed E-state index contributed by atoms with van der Waals surface area (Å²) < 4.78 is 5.11. The van der Waals surface area contributed by atoms with Gasteiger partial charge < -0.3 is 10.1 Å². The molecule has 2 aromatic carbocycles. The zero-order chi connectivity index (χ0) is 17.1. The zero-order valence-corrected chi connectivity index (χ0v) is 13.8. The van der Waals surface area contributed by atoms with Crippen molar-refractivity contribution >= 4 is 23.2 Å². The summed E-state index contributed by atoms with van der Waals surface area (Å²) in [6.07, 6.45) is 1.07. The minimum Gasteiger partial charge on any atom is -0.497 e. The Labute approximate surface area is 141 Å². The Morgan fingerprint density at radius 1 is 1.08 bits per heavy atom. The molecule has 1 saturated heterocycles. The van der Waals surface area contributed by atoms with Gasteiger partial charge >= 0.3 is 0 Å². The Morgan fingerprint density at radius 3 is 2.33 bits per heavy atom. The molecule has 1 heterocycles. The van der Waals surface area contributed by atoms with Crippen molar-refractivity contribution < 1.29 is 14.3 Å². The van der Waals surface area contributed by atoms with E-state index in [1.807, 2.05) is 48.5 Å². The van der Waals surface area contributed by atoms with Gasteiger partial charge in [0.1, 0.15) is 11.8 Å². The summed E-state index contributed by atoms with van der Waals surface area (Å²) in [5.41, 5.74) is 2.58. The van der Waals surface area contributed by atoms with Crippen LogP contribution < -0.4 is 15.0 Å². The van der Waals surface area contributed by atoms with E-state index in [4.69, 9.17) is 4.74 Å². The van der Waals surface area contributed by atoms with Crippen LogP contribution in [0.5, 0.6) is 5.75 Å². The largest absolute Gasteiger partial charge is 0.497 e. The quantitative estimate of drug-likeness (QED) is 0.859. The maximum atomic E-state index is 12.6. The molecule has 1 unspecified atom stereocenters. The van der Waals surface area contributed by atoms with Crippen LogP contribution in [0.25, 0.3) is 0 Å². The SMILES string of the molecule is CCc1ccc(N2C(=O)CC(Nc3ccc(OC)cc3)C2=O)cc1. The topological polar surface area (TPSA) is 58.6 Å². The van der Waals surface area contributed by atoms with Crippen LogP contribution in [0, 0.1) is 0 Å². The lowest BCUT2D eigenvalue weighted by atomic mass is 10.1. The van der Waals surface area contributed by atoms with Crippen molar-refractivity contribution in [3.05, 3.63) is 54.1 Å². The third kappa shape index (κ3) is 3.11. The van der Waals surface area contributed by atoms with Gasteiger partial charge in [0, 0.05) is 5.69 Å². The molecule has 5 nitrogen and oxygen atoms in total. The summed E-state index contributed by atoms with van der Waals surface area (Å²) in [7, 11) is 1.60. The lowest BCUT2D eigenvalue weighted by Gasteiger charge is -2.16. The molecule has 0 radical (unpaired) electrons. The number of carbonyl (C=O) groups excluding carboxylic acids is 2. The first-order valence-corrected chi connectivity index (χ1v) is 7.98. The van der Waals surface area contributed by atoms with Gasteiger partial charge in [-0.2, -0.15) is 0 Å². The molecule has 0 spiro atoms. The number of amides is 2. The van der Waals surface area contributed by atoms with Gasteiger partial charge in [-0.3, -0.25) is 9.59 Å². The number of aryl methyl sites for hydroxylation is 1. The molecular weight excluding hydrogens is 304 g/mol. The highest BCUT2D eigenvalue weighted by Crippen LogP contribution is 2.26. The molecule has 1 aliphatic heterocycles. The number of hydrogen-bond acceptors (Lipinski definition) is 4. The third-order valence-electron chi connectivity index (χ3n) is 4.18. The van der Waals surface area contributed by atoms with Gasteiger partial charge in [0.05, 0.1) is 19.2 Å². The lowest BCUT2D eigenvalue weighted by Crippen LogP contribution is -2.34. The van der Waals surface area contributed by atoms with E-state index in [1.165, 1.54) is 10.5 Å². The molecule has 1 aliphatic rings. The molecule has 1 N–H and O–H groups in total. The number of methoxy groups -OCH3 is 1. The smallest absolute Gasteiger partial charge is 0.256 e. The number of anilines is 2. The first kappa shape index (κ1) is 16.1. The molecular formula is C19H20N2O3. The van der Waals surface area contributed by atoms with Crippen LogP contribution >= 0.6 is 0 Å². The third-order valence-corrected chi connectivity index (χ3v) is 4.18. The van der Waals surface area contributed by atoms with Gasteiger partial charge in [-0.1, -0.05) is 19.1 Å². The summed E-state index contributed by atoms with van der Waals surface area (Å²) >= 11 is 0. The van der Waals surface area contributed by atoms with Crippen LogP contribution in [0.15, 0.2) is 48.5 Å². The second kappa shape index (κ2) is 6.74. The van der Waals surface area contributed by atoms with Crippen LogP contribution in [-0.2, 0) is 16.0 Å². The first-order valence-electron chi connectivity index (χ1n) is 7.98. The molecule has 0 bridgehead atoms. The van der Waals surface area contributed by atoms with Crippen LogP contribution in [0.3, 0.4) is 0 Å². The Bertz CT molecular complexity index is 738. The molecule has 1 fully saturated rings. The number of ether oxygens (including phenoxy) is 1.